The molecule has 0 spiro atoms. The lowest BCUT2D eigenvalue weighted by atomic mass is 10.4. The van der Waals surface area contributed by atoms with Crippen molar-refractivity contribution in [3.05, 3.63) is 0 Å². The molecule has 0 radical (unpaired) electrons. The van der Waals surface area contributed by atoms with Crippen molar-refractivity contribution in [2.75, 3.05) is 27.3 Å². The fraction of sp³-hybridized carbons (Fsp3) is 1.00. The number of hydrogen-bond donors (Lipinski definition) is 2. The molecule has 2 unspecified atom stereocenters. The smallest absolute Gasteiger partial charge is 0.103 e. The first-order chi connectivity index (χ1) is 5.62. The number of rotatable bonds is 4. The van der Waals surface area contributed by atoms with Gasteiger partial charge >= 0.3 is 0 Å². The van der Waals surface area contributed by atoms with E-state index < -0.39 is 0 Å². The molecule has 0 heterocycles. The van der Waals surface area contributed by atoms with Crippen molar-refractivity contribution >= 4 is 0 Å². The second-order valence-corrected chi connectivity index (χ2v) is 2.67. The van der Waals surface area contributed by atoms with E-state index in [4.69, 9.17) is 9.47 Å². The first-order valence-electron chi connectivity index (χ1n) is 4.26. The van der Waals surface area contributed by atoms with Gasteiger partial charge < -0.3 is 45.8 Å². The fourth-order valence-electron chi connectivity index (χ4n) is 0.236. The monoisotopic (exact) mass is 250 g/mol. The van der Waals surface area contributed by atoms with Crippen LogP contribution in [0.3, 0.4) is 0 Å². The van der Waals surface area contributed by atoms with Crippen LogP contribution in [0, 0.1) is 0 Å². The highest BCUT2D eigenvalue weighted by Gasteiger charge is 1.92. The van der Waals surface area contributed by atoms with Gasteiger partial charge in [-0.2, -0.15) is 0 Å². The largest absolute Gasteiger partial charge is 1.00 e. The Balaban J connectivity index is -0.0000000625. The number of halogens is 2. The minimum Gasteiger partial charge on any atom is -1.00 e. The van der Waals surface area contributed by atoms with Crippen LogP contribution in [0.2, 0.25) is 0 Å². The van der Waals surface area contributed by atoms with Crippen molar-refractivity contribution in [1.82, 2.24) is 0 Å². The summed E-state index contributed by atoms with van der Waals surface area (Å²) in [4.78, 5) is 0. The predicted octanol–water partition coefficient (Wildman–Crippen LogP) is -7.47. The third kappa shape index (κ3) is 22.8. The van der Waals surface area contributed by atoms with E-state index in [0.29, 0.717) is 12.2 Å². The van der Waals surface area contributed by atoms with Gasteiger partial charge in [0.25, 0.3) is 0 Å². The molecule has 0 saturated heterocycles. The van der Waals surface area contributed by atoms with Crippen molar-refractivity contribution in [3.8, 4) is 0 Å². The molecule has 6 N–H and O–H groups in total. The second kappa shape index (κ2) is 19.1. The molecule has 6 heteroatoms. The molecule has 92 valence electrons. The van der Waals surface area contributed by atoms with Crippen molar-refractivity contribution < 1.29 is 45.8 Å². The molecule has 0 aromatic rings. The molecule has 0 rings (SSSR count). The third-order valence-corrected chi connectivity index (χ3v) is 1.62. The summed E-state index contributed by atoms with van der Waals surface area (Å²) in [5.41, 5.74) is 7.26. The highest BCUT2D eigenvalue weighted by atomic mass is 35.5. The second-order valence-electron chi connectivity index (χ2n) is 2.67. The van der Waals surface area contributed by atoms with Crippen LogP contribution in [0.4, 0.5) is 0 Å². The zero-order chi connectivity index (χ0) is 9.98. The summed E-state index contributed by atoms with van der Waals surface area (Å²) >= 11 is 0. The van der Waals surface area contributed by atoms with Gasteiger partial charge in [-0.3, -0.25) is 0 Å². The number of ether oxygens (including phenoxy) is 2. The Morgan fingerprint density at radius 3 is 1.07 bits per heavy atom. The molecule has 0 aromatic carbocycles. The maximum absolute atomic E-state index is 4.84. The number of hydrogen-bond acceptors (Lipinski definition) is 2. The maximum atomic E-state index is 4.84. The van der Waals surface area contributed by atoms with Gasteiger partial charge in [0.2, 0.25) is 0 Å². The maximum Gasteiger partial charge on any atom is 0.103 e. The lowest BCUT2D eigenvalue weighted by molar-refractivity contribution is -0.383. The summed E-state index contributed by atoms with van der Waals surface area (Å²) in [7, 11) is 3.38. The Kier molecular flexibility index (Phi) is 32.6. The van der Waals surface area contributed by atoms with Crippen LogP contribution in [-0.4, -0.2) is 39.5 Å². The van der Waals surface area contributed by atoms with Crippen LogP contribution in [0.25, 0.3) is 0 Å². The van der Waals surface area contributed by atoms with E-state index in [1.54, 1.807) is 14.2 Å². The van der Waals surface area contributed by atoms with Crippen molar-refractivity contribution in [2.45, 2.75) is 26.1 Å². The average Bonchev–Trinajstić information content (AvgIpc) is 2.16. The molecule has 14 heavy (non-hydrogen) atoms. The van der Waals surface area contributed by atoms with E-state index in [0.717, 1.165) is 13.1 Å². The zero-order valence-corrected chi connectivity index (χ0v) is 11.1. The molecule has 0 aromatic heterocycles. The van der Waals surface area contributed by atoms with E-state index in [-0.39, 0.29) is 24.8 Å². The van der Waals surface area contributed by atoms with Crippen molar-refractivity contribution in [1.29, 1.82) is 0 Å². The average molecular weight is 251 g/mol. The van der Waals surface area contributed by atoms with Crippen LogP contribution < -0.4 is 36.3 Å². The standard InChI is InChI=1S/2C4H11NO.2ClH/c2*1-4(3-5)6-2;;/h2*4H,3,5H2,1-2H3;2*1H. The van der Waals surface area contributed by atoms with E-state index in [9.17, 15) is 0 Å². The molecule has 0 saturated carbocycles. The first kappa shape index (κ1) is 23.9. The highest BCUT2D eigenvalue weighted by molar-refractivity contribution is 4.37. The van der Waals surface area contributed by atoms with Crippen LogP contribution in [0.5, 0.6) is 0 Å². The van der Waals surface area contributed by atoms with Gasteiger partial charge in [0, 0.05) is 14.2 Å². The van der Waals surface area contributed by atoms with E-state index in [1.165, 1.54) is 0 Å². The van der Waals surface area contributed by atoms with Gasteiger partial charge in [-0.05, 0) is 13.8 Å². The summed E-state index contributed by atoms with van der Waals surface area (Å²) in [6, 6.07) is 0. The van der Waals surface area contributed by atoms with Gasteiger partial charge in [-0.25, -0.2) is 0 Å². The van der Waals surface area contributed by atoms with Gasteiger partial charge in [0.15, 0.2) is 0 Å². The summed E-state index contributed by atoms with van der Waals surface area (Å²) in [5, 5.41) is 0. The summed E-state index contributed by atoms with van der Waals surface area (Å²) in [5.74, 6) is 0. The minimum absolute atomic E-state index is 0. The summed E-state index contributed by atoms with van der Waals surface area (Å²) in [6.45, 7) is 5.70. The SMILES string of the molecule is COC(C)C[NH3+].COC(C)C[NH3+].[Cl-].[Cl-]. The molecule has 4 nitrogen and oxygen atoms in total. The van der Waals surface area contributed by atoms with Gasteiger partial charge in [0.1, 0.15) is 25.3 Å². The van der Waals surface area contributed by atoms with Crippen molar-refractivity contribution in [2.24, 2.45) is 0 Å². The Labute approximate surface area is 99.5 Å². The third-order valence-electron chi connectivity index (χ3n) is 1.62. The molecular weight excluding hydrogens is 227 g/mol. The van der Waals surface area contributed by atoms with E-state index in [2.05, 4.69) is 11.5 Å². The number of methoxy groups -OCH3 is 2. The molecule has 2 atom stereocenters. The van der Waals surface area contributed by atoms with Crippen LogP contribution in [-0.2, 0) is 9.47 Å². The normalized spacial score (nSPS) is 12.4. The molecule has 0 fully saturated rings. The Hall–Kier alpha value is 0.420. The summed E-state index contributed by atoms with van der Waals surface area (Å²) < 4.78 is 9.67. The van der Waals surface area contributed by atoms with E-state index in [1.807, 2.05) is 13.8 Å². The van der Waals surface area contributed by atoms with Gasteiger partial charge in [-0.1, -0.05) is 0 Å². The lowest BCUT2D eigenvalue weighted by Gasteiger charge is -1.98. The molecule has 0 aliphatic heterocycles. The Morgan fingerprint density at radius 2 is 1.07 bits per heavy atom. The first-order valence-corrected chi connectivity index (χ1v) is 4.26. The summed E-state index contributed by atoms with van der Waals surface area (Å²) in [6.07, 6.45) is 0.648. The van der Waals surface area contributed by atoms with E-state index >= 15 is 0 Å². The topological polar surface area (TPSA) is 73.7 Å². The molecular formula is C8H24Cl2N2O2. The predicted molar refractivity (Wildman–Crippen MR) is 48.5 cm³/mol. The zero-order valence-electron chi connectivity index (χ0n) is 9.56. The molecule has 0 aliphatic rings. The minimum atomic E-state index is 0. The quantitative estimate of drug-likeness (QED) is 0.521. The van der Waals surface area contributed by atoms with Crippen molar-refractivity contribution in [3.63, 3.8) is 0 Å². The number of quaternary nitrogens is 2. The highest BCUT2D eigenvalue weighted by Crippen LogP contribution is 1.77. The van der Waals surface area contributed by atoms with Crippen LogP contribution in [0.15, 0.2) is 0 Å². The molecule has 0 aliphatic carbocycles. The lowest BCUT2D eigenvalue weighted by Crippen LogP contribution is -3.00. The van der Waals surface area contributed by atoms with Crippen LogP contribution in [0.1, 0.15) is 13.8 Å². The van der Waals surface area contributed by atoms with Crippen LogP contribution >= 0.6 is 0 Å². The molecule has 0 bridgehead atoms. The van der Waals surface area contributed by atoms with Gasteiger partial charge in [0.05, 0.1) is 0 Å². The Morgan fingerprint density at radius 1 is 0.857 bits per heavy atom. The van der Waals surface area contributed by atoms with Gasteiger partial charge in [-0.15, -0.1) is 0 Å². The molecule has 0 amide bonds. The fourth-order valence-corrected chi connectivity index (χ4v) is 0.236. The Bertz CT molecular complexity index is 71.7.